The molecule has 0 bridgehead atoms. The van der Waals surface area contributed by atoms with E-state index in [1.165, 1.54) is 0 Å². The first-order valence-electron chi connectivity index (χ1n) is 3.68. The topological polar surface area (TPSA) is 34.9 Å². The maximum absolute atomic E-state index is 11.0. The Balaban J connectivity index is 3.12. The van der Waals surface area contributed by atoms with E-state index in [9.17, 15) is 4.79 Å². The van der Waals surface area contributed by atoms with Gasteiger partial charge in [0.05, 0.1) is 11.3 Å². The number of rotatable bonds is 2. The summed E-state index contributed by atoms with van der Waals surface area (Å²) in [4.78, 5) is 11.0. The molecule has 0 atom stereocenters. The molecule has 0 radical (unpaired) electrons. The number of Topliss-reactive ketones (excluding diaryl/α,β-unsaturated/α-hetero) is 1. The summed E-state index contributed by atoms with van der Waals surface area (Å²) in [7, 11) is 1.82. The van der Waals surface area contributed by atoms with Crippen LogP contribution in [0.5, 0.6) is 0 Å². The fraction of sp³-hybridized carbons (Fsp3) is 0.500. The Morgan fingerprint density at radius 1 is 1.73 bits per heavy atom. The molecule has 1 heterocycles. The second-order valence-electron chi connectivity index (χ2n) is 2.57. The van der Waals surface area contributed by atoms with Crippen LogP contribution in [0.25, 0.3) is 0 Å². The van der Waals surface area contributed by atoms with E-state index in [1.54, 1.807) is 17.8 Å². The molecule has 0 amide bonds. The van der Waals surface area contributed by atoms with Gasteiger partial charge in [-0.05, 0) is 13.3 Å². The minimum absolute atomic E-state index is 0.0925. The molecule has 0 unspecified atom stereocenters. The molecular weight excluding hydrogens is 140 g/mol. The molecule has 3 heteroatoms. The fourth-order valence-corrected chi connectivity index (χ4v) is 1.09. The predicted octanol–water partition coefficient (Wildman–Crippen LogP) is 1.19. The highest BCUT2D eigenvalue weighted by Crippen LogP contribution is 2.06. The minimum atomic E-state index is 0.0925. The van der Waals surface area contributed by atoms with Crippen molar-refractivity contribution in [2.24, 2.45) is 7.05 Å². The Hall–Kier alpha value is -1.12. The van der Waals surface area contributed by atoms with E-state index in [1.807, 2.05) is 14.0 Å². The SMILES string of the molecule is CCc1nn(C)cc1C(C)=O. The van der Waals surface area contributed by atoms with Gasteiger partial charge in [-0.1, -0.05) is 6.92 Å². The molecule has 0 aromatic carbocycles. The first-order chi connectivity index (χ1) is 5.15. The Morgan fingerprint density at radius 3 is 2.73 bits per heavy atom. The average Bonchev–Trinajstić information content (AvgIpc) is 2.30. The summed E-state index contributed by atoms with van der Waals surface area (Å²) in [5.41, 5.74) is 1.63. The number of ketones is 1. The lowest BCUT2D eigenvalue weighted by atomic mass is 10.1. The van der Waals surface area contributed by atoms with Crippen molar-refractivity contribution in [2.75, 3.05) is 0 Å². The smallest absolute Gasteiger partial charge is 0.163 e. The average molecular weight is 152 g/mol. The molecule has 0 saturated carbocycles. The summed E-state index contributed by atoms with van der Waals surface area (Å²) in [5, 5.41) is 4.15. The van der Waals surface area contributed by atoms with Gasteiger partial charge in [0.2, 0.25) is 0 Å². The highest BCUT2D eigenvalue weighted by Gasteiger charge is 2.08. The number of carbonyl (C=O) groups excluding carboxylic acids is 1. The molecule has 1 aromatic heterocycles. The Bertz CT molecular complexity index is 276. The molecule has 0 spiro atoms. The summed E-state index contributed by atoms with van der Waals surface area (Å²) in [5.74, 6) is 0.0925. The molecular formula is C8H12N2O. The molecule has 60 valence electrons. The van der Waals surface area contributed by atoms with Crippen LogP contribution >= 0.6 is 0 Å². The maximum atomic E-state index is 11.0. The number of aromatic nitrogens is 2. The van der Waals surface area contributed by atoms with E-state index >= 15 is 0 Å². The quantitative estimate of drug-likeness (QED) is 0.596. The molecule has 1 rings (SSSR count). The number of aryl methyl sites for hydroxylation is 2. The van der Waals surface area contributed by atoms with E-state index in [0.717, 1.165) is 17.7 Å². The normalized spacial score (nSPS) is 10.1. The van der Waals surface area contributed by atoms with E-state index < -0.39 is 0 Å². The van der Waals surface area contributed by atoms with E-state index in [-0.39, 0.29) is 5.78 Å². The number of hydrogen-bond acceptors (Lipinski definition) is 2. The van der Waals surface area contributed by atoms with Gasteiger partial charge in [-0.25, -0.2) is 0 Å². The van der Waals surface area contributed by atoms with Crippen molar-refractivity contribution in [1.82, 2.24) is 9.78 Å². The molecule has 11 heavy (non-hydrogen) atoms. The zero-order chi connectivity index (χ0) is 8.43. The predicted molar refractivity (Wildman–Crippen MR) is 42.6 cm³/mol. The first kappa shape index (κ1) is 7.98. The van der Waals surface area contributed by atoms with Crippen molar-refractivity contribution in [2.45, 2.75) is 20.3 Å². The number of hydrogen-bond donors (Lipinski definition) is 0. The third kappa shape index (κ3) is 1.48. The summed E-state index contributed by atoms with van der Waals surface area (Å²) >= 11 is 0. The van der Waals surface area contributed by atoms with Crippen LogP contribution in [0.3, 0.4) is 0 Å². The van der Waals surface area contributed by atoms with Gasteiger partial charge in [-0.2, -0.15) is 5.10 Å². The molecule has 0 aliphatic heterocycles. The van der Waals surface area contributed by atoms with Crippen LogP contribution in [0.15, 0.2) is 6.20 Å². The fourth-order valence-electron chi connectivity index (χ4n) is 1.09. The summed E-state index contributed by atoms with van der Waals surface area (Å²) in [6, 6.07) is 0. The van der Waals surface area contributed by atoms with Crippen LogP contribution in [0.4, 0.5) is 0 Å². The largest absolute Gasteiger partial charge is 0.294 e. The third-order valence-electron chi connectivity index (χ3n) is 1.62. The van der Waals surface area contributed by atoms with Gasteiger partial charge in [0, 0.05) is 13.2 Å². The van der Waals surface area contributed by atoms with Gasteiger partial charge in [0.15, 0.2) is 5.78 Å². The van der Waals surface area contributed by atoms with Gasteiger partial charge in [-0.15, -0.1) is 0 Å². The van der Waals surface area contributed by atoms with Crippen molar-refractivity contribution in [3.63, 3.8) is 0 Å². The third-order valence-corrected chi connectivity index (χ3v) is 1.62. The monoisotopic (exact) mass is 152 g/mol. The molecule has 0 fully saturated rings. The first-order valence-corrected chi connectivity index (χ1v) is 3.68. The molecule has 0 saturated heterocycles. The van der Waals surface area contributed by atoms with Gasteiger partial charge < -0.3 is 0 Å². The van der Waals surface area contributed by atoms with Crippen molar-refractivity contribution < 1.29 is 4.79 Å². The molecule has 0 aliphatic rings. The highest BCUT2D eigenvalue weighted by molar-refractivity contribution is 5.94. The van der Waals surface area contributed by atoms with Crippen molar-refractivity contribution in [3.05, 3.63) is 17.5 Å². The summed E-state index contributed by atoms with van der Waals surface area (Å²) < 4.78 is 1.68. The highest BCUT2D eigenvalue weighted by atomic mass is 16.1. The Kier molecular flexibility index (Phi) is 2.08. The van der Waals surface area contributed by atoms with Crippen LogP contribution in [0.1, 0.15) is 29.9 Å². The Morgan fingerprint density at radius 2 is 2.36 bits per heavy atom. The zero-order valence-electron chi connectivity index (χ0n) is 7.09. The molecule has 0 N–H and O–H groups in total. The van der Waals surface area contributed by atoms with Crippen molar-refractivity contribution >= 4 is 5.78 Å². The van der Waals surface area contributed by atoms with E-state index in [4.69, 9.17) is 0 Å². The lowest BCUT2D eigenvalue weighted by Gasteiger charge is -1.90. The molecule has 1 aromatic rings. The van der Waals surface area contributed by atoms with Crippen LogP contribution in [0.2, 0.25) is 0 Å². The summed E-state index contributed by atoms with van der Waals surface area (Å²) in [6.07, 6.45) is 2.58. The van der Waals surface area contributed by atoms with Crippen LogP contribution in [-0.2, 0) is 13.5 Å². The minimum Gasteiger partial charge on any atom is -0.294 e. The standard InChI is InChI=1S/C8H12N2O/c1-4-8-7(6(2)11)5-10(3)9-8/h5H,4H2,1-3H3. The lowest BCUT2D eigenvalue weighted by Crippen LogP contribution is -1.94. The van der Waals surface area contributed by atoms with Gasteiger partial charge in [0.1, 0.15) is 0 Å². The van der Waals surface area contributed by atoms with Crippen LogP contribution in [0, 0.1) is 0 Å². The second-order valence-corrected chi connectivity index (χ2v) is 2.57. The van der Waals surface area contributed by atoms with Gasteiger partial charge in [-0.3, -0.25) is 9.48 Å². The number of nitrogens with zero attached hydrogens (tertiary/aromatic N) is 2. The Labute approximate surface area is 66.0 Å². The zero-order valence-corrected chi connectivity index (χ0v) is 7.09. The van der Waals surface area contributed by atoms with Crippen LogP contribution in [-0.4, -0.2) is 15.6 Å². The van der Waals surface area contributed by atoms with Crippen LogP contribution < -0.4 is 0 Å². The van der Waals surface area contributed by atoms with Crippen molar-refractivity contribution in [1.29, 1.82) is 0 Å². The molecule has 3 nitrogen and oxygen atoms in total. The van der Waals surface area contributed by atoms with E-state index in [2.05, 4.69) is 5.10 Å². The summed E-state index contributed by atoms with van der Waals surface area (Å²) in [6.45, 7) is 3.56. The lowest BCUT2D eigenvalue weighted by molar-refractivity contribution is 0.101. The number of carbonyl (C=O) groups is 1. The molecule has 0 aliphatic carbocycles. The van der Waals surface area contributed by atoms with Gasteiger partial charge in [0.25, 0.3) is 0 Å². The van der Waals surface area contributed by atoms with E-state index in [0.29, 0.717) is 0 Å². The van der Waals surface area contributed by atoms with Gasteiger partial charge >= 0.3 is 0 Å². The maximum Gasteiger partial charge on any atom is 0.163 e. The second kappa shape index (κ2) is 2.86. The van der Waals surface area contributed by atoms with Crippen molar-refractivity contribution in [3.8, 4) is 0 Å².